The molecule has 0 unspecified atom stereocenters. The van der Waals surface area contributed by atoms with Crippen molar-refractivity contribution in [2.24, 2.45) is 0 Å². The molecular weight excluding hydrogens is 578 g/mol. The van der Waals surface area contributed by atoms with Gasteiger partial charge in [0.1, 0.15) is 22.7 Å². The highest BCUT2D eigenvalue weighted by molar-refractivity contribution is 7.89. The molecule has 10 nitrogen and oxygen atoms in total. The molecule has 1 spiro atoms. The largest absolute Gasteiger partial charge is 0.496 e. The Balaban J connectivity index is 1.18. The Labute approximate surface area is 257 Å². The van der Waals surface area contributed by atoms with Gasteiger partial charge in [-0.25, -0.2) is 8.42 Å². The maximum absolute atomic E-state index is 14.1. The number of piperidine rings is 1. The van der Waals surface area contributed by atoms with Crippen LogP contribution in [0, 0.1) is 0 Å². The third-order valence-corrected chi connectivity index (χ3v) is 10.5. The number of hydrogen-bond acceptors (Lipinski definition) is 7. The van der Waals surface area contributed by atoms with Crippen molar-refractivity contribution in [3.05, 3.63) is 96.7 Å². The number of nitrogens with zero attached hydrogens (tertiary/aromatic N) is 4. The van der Waals surface area contributed by atoms with Crippen molar-refractivity contribution in [2.75, 3.05) is 44.9 Å². The van der Waals surface area contributed by atoms with E-state index in [9.17, 15) is 18.0 Å². The van der Waals surface area contributed by atoms with Gasteiger partial charge in [-0.05, 0) is 55.2 Å². The smallest absolute Gasteiger partial charge is 0.250 e. The maximum Gasteiger partial charge on any atom is 0.250 e. The Morgan fingerprint density at radius 1 is 0.955 bits per heavy atom. The Bertz CT molecular complexity index is 1770. The van der Waals surface area contributed by atoms with Crippen molar-refractivity contribution in [1.82, 2.24) is 19.5 Å². The zero-order valence-electron chi connectivity index (χ0n) is 24.6. The number of methoxy groups -OCH3 is 1. The molecule has 2 aliphatic heterocycles. The molecule has 0 saturated carbocycles. The van der Waals surface area contributed by atoms with Crippen LogP contribution in [-0.2, 0) is 26.0 Å². The van der Waals surface area contributed by atoms with Crippen LogP contribution in [0.2, 0.25) is 0 Å². The maximum atomic E-state index is 14.1. The topological polar surface area (TPSA) is 112 Å². The van der Waals surface area contributed by atoms with Crippen LogP contribution in [0.5, 0.6) is 5.75 Å². The molecule has 2 fully saturated rings. The van der Waals surface area contributed by atoms with E-state index in [1.165, 1.54) is 4.31 Å². The SMILES string of the molecule is COc1ccccc1CCNC(=O)CN1CN(c2ccccc2)C2(CCN(S(=O)(=O)c3cccc4cccnc34)CC2)C1=O. The van der Waals surface area contributed by atoms with E-state index in [0.29, 0.717) is 31.3 Å². The second-order valence-corrected chi connectivity index (χ2v) is 13.0. The van der Waals surface area contributed by atoms with Crippen LogP contribution in [0.1, 0.15) is 18.4 Å². The van der Waals surface area contributed by atoms with E-state index >= 15 is 0 Å². The third-order valence-electron chi connectivity index (χ3n) is 8.59. The zero-order chi connectivity index (χ0) is 30.7. The molecule has 11 heteroatoms. The summed E-state index contributed by atoms with van der Waals surface area (Å²) in [7, 11) is -2.23. The standard InChI is InChI=1S/C33H35N5O5S/c1-43-28-14-6-5-9-25(28)16-20-34-30(39)23-36-24-38(27-12-3-2-4-13-27)33(32(36)40)17-21-37(22-18-33)44(41,42)29-15-7-10-26-11-8-19-35-31(26)29/h2-15,19H,16-18,20-24H2,1H3,(H,34,39). The van der Waals surface area contributed by atoms with Gasteiger partial charge in [0.05, 0.1) is 19.3 Å². The van der Waals surface area contributed by atoms with Gasteiger partial charge in [0.2, 0.25) is 21.8 Å². The van der Waals surface area contributed by atoms with Crippen molar-refractivity contribution in [3.8, 4) is 5.75 Å². The second kappa shape index (κ2) is 12.3. The second-order valence-electron chi connectivity index (χ2n) is 11.1. The van der Waals surface area contributed by atoms with Gasteiger partial charge in [0, 0.05) is 36.9 Å². The molecule has 2 saturated heterocycles. The number of fused-ring (bicyclic) bond motifs is 1. The number of pyridine rings is 1. The molecule has 0 aliphatic carbocycles. The van der Waals surface area contributed by atoms with Gasteiger partial charge in [-0.1, -0.05) is 54.6 Å². The summed E-state index contributed by atoms with van der Waals surface area (Å²) in [6, 6.07) is 26.0. The average molecular weight is 614 g/mol. The van der Waals surface area contributed by atoms with E-state index < -0.39 is 15.6 Å². The number of carbonyl (C=O) groups excluding carboxylic acids is 2. The summed E-state index contributed by atoms with van der Waals surface area (Å²) in [6.45, 7) is 0.895. The molecule has 228 valence electrons. The van der Waals surface area contributed by atoms with Crippen LogP contribution in [0.4, 0.5) is 5.69 Å². The van der Waals surface area contributed by atoms with E-state index in [2.05, 4.69) is 10.3 Å². The Morgan fingerprint density at radius 2 is 1.68 bits per heavy atom. The normalized spacial score (nSPS) is 16.9. The monoisotopic (exact) mass is 613 g/mol. The fourth-order valence-corrected chi connectivity index (χ4v) is 7.92. The van der Waals surface area contributed by atoms with E-state index in [4.69, 9.17) is 4.74 Å². The molecule has 3 heterocycles. The predicted octanol–water partition coefficient (Wildman–Crippen LogP) is 3.43. The first-order valence-corrected chi connectivity index (χ1v) is 16.1. The van der Waals surface area contributed by atoms with Crippen LogP contribution in [0.3, 0.4) is 0 Å². The number of benzene rings is 3. The zero-order valence-corrected chi connectivity index (χ0v) is 25.4. The number of para-hydroxylation sites is 3. The van der Waals surface area contributed by atoms with Crippen molar-refractivity contribution < 1.29 is 22.7 Å². The first kappa shape index (κ1) is 29.6. The van der Waals surface area contributed by atoms with Gasteiger partial charge in [-0.15, -0.1) is 0 Å². The van der Waals surface area contributed by atoms with E-state index in [0.717, 1.165) is 22.4 Å². The summed E-state index contributed by atoms with van der Waals surface area (Å²) < 4.78 is 34.5. The Hall–Kier alpha value is -4.48. The number of ether oxygens (including phenoxy) is 1. The molecule has 3 aromatic carbocycles. The summed E-state index contributed by atoms with van der Waals surface area (Å²) in [5.41, 5.74) is 1.32. The molecule has 4 aromatic rings. The average Bonchev–Trinajstić information content (AvgIpc) is 3.31. The predicted molar refractivity (Wildman–Crippen MR) is 168 cm³/mol. The molecular formula is C33H35N5O5S. The van der Waals surface area contributed by atoms with Gasteiger partial charge >= 0.3 is 0 Å². The highest BCUT2D eigenvalue weighted by atomic mass is 32.2. The molecule has 0 bridgehead atoms. The Morgan fingerprint density at radius 3 is 2.45 bits per heavy atom. The lowest BCUT2D eigenvalue weighted by molar-refractivity contribution is -0.137. The minimum atomic E-state index is -3.85. The molecule has 1 N–H and O–H groups in total. The molecule has 6 rings (SSSR count). The quantitative estimate of drug-likeness (QED) is 0.308. The number of rotatable bonds is 9. The Kier molecular flexibility index (Phi) is 8.24. The summed E-state index contributed by atoms with van der Waals surface area (Å²) >= 11 is 0. The minimum absolute atomic E-state index is 0.0838. The van der Waals surface area contributed by atoms with Gasteiger partial charge in [0.15, 0.2) is 0 Å². The van der Waals surface area contributed by atoms with Gasteiger partial charge in [-0.2, -0.15) is 4.31 Å². The van der Waals surface area contributed by atoms with Gasteiger partial charge in [-0.3, -0.25) is 14.6 Å². The highest BCUT2D eigenvalue weighted by Crippen LogP contribution is 2.40. The number of sulfonamides is 1. The fourth-order valence-electron chi connectivity index (χ4n) is 6.32. The first-order chi connectivity index (χ1) is 21.3. The fraction of sp³-hybridized carbons (Fsp3) is 0.303. The van der Waals surface area contributed by atoms with Crippen LogP contribution >= 0.6 is 0 Å². The lowest BCUT2D eigenvalue weighted by atomic mass is 9.86. The molecule has 1 aromatic heterocycles. The van der Waals surface area contributed by atoms with Crippen molar-refractivity contribution in [2.45, 2.75) is 29.7 Å². The number of aromatic nitrogens is 1. The van der Waals surface area contributed by atoms with Crippen molar-refractivity contribution in [1.29, 1.82) is 0 Å². The van der Waals surface area contributed by atoms with Crippen LogP contribution in [0.25, 0.3) is 10.9 Å². The van der Waals surface area contributed by atoms with Gasteiger partial charge < -0.3 is 19.9 Å². The summed E-state index contributed by atoms with van der Waals surface area (Å²) in [4.78, 5) is 35.2. The number of hydrogen-bond donors (Lipinski definition) is 1. The van der Waals surface area contributed by atoms with Crippen molar-refractivity contribution in [3.63, 3.8) is 0 Å². The highest BCUT2D eigenvalue weighted by Gasteiger charge is 2.55. The molecule has 0 atom stereocenters. The minimum Gasteiger partial charge on any atom is -0.496 e. The van der Waals surface area contributed by atoms with Crippen LogP contribution in [0.15, 0.2) is 96.0 Å². The molecule has 2 amide bonds. The van der Waals surface area contributed by atoms with E-state index in [-0.39, 0.29) is 43.0 Å². The van der Waals surface area contributed by atoms with E-state index in [1.54, 1.807) is 36.4 Å². The number of carbonyl (C=O) groups is 2. The molecule has 44 heavy (non-hydrogen) atoms. The number of nitrogens with one attached hydrogen (secondary N) is 1. The molecule has 0 radical (unpaired) electrons. The summed E-state index contributed by atoms with van der Waals surface area (Å²) in [6.07, 6.45) is 2.78. The summed E-state index contributed by atoms with van der Waals surface area (Å²) in [5.74, 6) is 0.355. The van der Waals surface area contributed by atoms with E-state index in [1.807, 2.05) is 71.6 Å². The third kappa shape index (κ3) is 5.48. The lowest BCUT2D eigenvalue weighted by Crippen LogP contribution is -2.57. The number of amides is 2. The first-order valence-electron chi connectivity index (χ1n) is 14.7. The van der Waals surface area contributed by atoms with Crippen LogP contribution in [-0.4, -0.2) is 79.9 Å². The lowest BCUT2D eigenvalue weighted by Gasteiger charge is -2.42. The molecule has 2 aliphatic rings. The van der Waals surface area contributed by atoms with Gasteiger partial charge in [0.25, 0.3) is 0 Å². The summed E-state index contributed by atoms with van der Waals surface area (Å²) in [5, 5.41) is 3.69. The van der Waals surface area contributed by atoms with Crippen molar-refractivity contribution >= 4 is 38.4 Å². The number of anilines is 1. The van der Waals surface area contributed by atoms with Crippen LogP contribution < -0.4 is 15.0 Å².